The van der Waals surface area contributed by atoms with E-state index in [1.54, 1.807) is 19.2 Å². The smallest absolute Gasteiger partial charge is 0.238 e. The van der Waals surface area contributed by atoms with Gasteiger partial charge in [-0.2, -0.15) is 0 Å². The summed E-state index contributed by atoms with van der Waals surface area (Å²) in [6.07, 6.45) is 3.82. The van der Waals surface area contributed by atoms with E-state index in [4.69, 9.17) is 9.88 Å². The molecule has 0 atom stereocenters. The third-order valence-electron chi connectivity index (χ3n) is 2.77. The number of hydrogen-bond acceptors (Lipinski definition) is 3. The van der Waals surface area contributed by atoms with Crippen LogP contribution >= 0.6 is 0 Å². The van der Waals surface area contributed by atoms with Crippen LogP contribution in [0.1, 0.15) is 11.1 Å². The summed E-state index contributed by atoms with van der Waals surface area (Å²) in [5.41, 5.74) is 1.89. The van der Waals surface area contributed by atoms with Crippen LogP contribution < -0.4 is 9.88 Å². The Morgan fingerprint density at radius 1 is 1.00 bits per heavy atom. The molecule has 0 radical (unpaired) electrons. The van der Waals surface area contributed by atoms with Crippen molar-refractivity contribution in [3.05, 3.63) is 59.7 Å². The molecule has 0 aliphatic heterocycles. The highest BCUT2D eigenvalue weighted by Gasteiger charge is 2.05. The number of primary sulfonamides is 1. The first-order valence-electron chi connectivity index (χ1n) is 5.94. The van der Waals surface area contributed by atoms with Crippen LogP contribution in [-0.2, 0) is 10.0 Å². The Kier molecular flexibility index (Phi) is 4.22. The van der Waals surface area contributed by atoms with E-state index in [1.165, 1.54) is 12.1 Å². The van der Waals surface area contributed by atoms with Gasteiger partial charge in [-0.25, -0.2) is 13.6 Å². The van der Waals surface area contributed by atoms with Crippen molar-refractivity contribution in [3.8, 4) is 5.75 Å². The molecular weight excluding hydrogens is 274 g/mol. The first-order valence-corrected chi connectivity index (χ1v) is 7.49. The second kappa shape index (κ2) is 5.90. The molecule has 0 unspecified atom stereocenters. The number of nitrogens with two attached hydrogens (primary N) is 1. The fourth-order valence-corrected chi connectivity index (χ4v) is 2.22. The molecule has 0 aliphatic carbocycles. The zero-order valence-electron chi connectivity index (χ0n) is 11.0. The molecule has 2 rings (SSSR count). The Balaban J connectivity index is 2.19. The largest absolute Gasteiger partial charge is 0.497 e. The van der Waals surface area contributed by atoms with Gasteiger partial charge in [0.15, 0.2) is 0 Å². The molecule has 0 fully saturated rings. The maximum Gasteiger partial charge on any atom is 0.238 e. The van der Waals surface area contributed by atoms with Crippen molar-refractivity contribution in [2.75, 3.05) is 7.11 Å². The van der Waals surface area contributed by atoms with Crippen LogP contribution in [0.15, 0.2) is 53.4 Å². The minimum absolute atomic E-state index is 0.107. The van der Waals surface area contributed by atoms with Gasteiger partial charge in [0, 0.05) is 0 Å². The van der Waals surface area contributed by atoms with Crippen LogP contribution in [0.2, 0.25) is 0 Å². The first kappa shape index (κ1) is 14.3. The molecule has 20 heavy (non-hydrogen) atoms. The van der Waals surface area contributed by atoms with Crippen molar-refractivity contribution in [1.29, 1.82) is 0 Å². The lowest BCUT2D eigenvalue weighted by atomic mass is 10.1. The lowest BCUT2D eigenvalue weighted by Crippen LogP contribution is -2.11. The molecule has 0 saturated heterocycles. The second-order valence-corrected chi connectivity index (χ2v) is 5.79. The third kappa shape index (κ3) is 3.69. The minimum Gasteiger partial charge on any atom is -0.497 e. The van der Waals surface area contributed by atoms with E-state index in [2.05, 4.69) is 0 Å². The third-order valence-corrected chi connectivity index (χ3v) is 3.70. The monoisotopic (exact) mass is 289 g/mol. The topological polar surface area (TPSA) is 69.4 Å². The molecule has 0 spiro atoms. The zero-order chi connectivity index (χ0) is 14.6. The Bertz CT molecular complexity index is 719. The maximum absolute atomic E-state index is 11.1. The summed E-state index contributed by atoms with van der Waals surface area (Å²) in [6, 6.07) is 14.0. The quantitative estimate of drug-likeness (QED) is 0.879. The standard InChI is InChI=1S/C15H15NO3S/c1-19-14-4-2-3-13(11-14)6-5-12-7-9-15(10-8-12)20(16,17)18/h2-11H,1H3,(H2,16,17,18)/b6-5+. The average Bonchev–Trinajstić information content (AvgIpc) is 2.45. The van der Waals surface area contributed by atoms with Crippen molar-refractivity contribution in [3.63, 3.8) is 0 Å². The number of ether oxygens (including phenoxy) is 1. The van der Waals surface area contributed by atoms with E-state index < -0.39 is 10.0 Å². The van der Waals surface area contributed by atoms with Crippen molar-refractivity contribution in [2.24, 2.45) is 5.14 Å². The van der Waals surface area contributed by atoms with E-state index in [0.29, 0.717) is 0 Å². The Morgan fingerprint density at radius 3 is 2.25 bits per heavy atom. The SMILES string of the molecule is COc1cccc(/C=C/c2ccc(S(N)(=O)=O)cc2)c1. The van der Waals surface area contributed by atoms with Gasteiger partial charge in [0.1, 0.15) is 5.75 Å². The van der Waals surface area contributed by atoms with E-state index in [1.807, 2.05) is 36.4 Å². The lowest BCUT2D eigenvalue weighted by molar-refractivity contribution is 0.414. The van der Waals surface area contributed by atoms with E-state index in [-0.39, 0.29) is 4.90 Å². The zero-order valence-corrected chi connectivity index (χ0v) is 11.8. The molecule has 0 saturated carbocycles. The van der Waals surface area contributed by atoms with E-state index in [9.17, 15) is 8.42 Å². The molecule has 4 nitrogen and oxygen atoms in total. The van der Waals surface area contributed by atoms with Crippen molar-refractivity contribution < 1.29 is 13.2 Å². The summed E-state index contributed by atoms with van der Waals surface area (Å²) in [6.45, 7) is 0. The van der Waals surface area contributed by atoms with Crippen LogP contribution in [0.4, 0.5) is 0 Å². The van der Waals surface area contributed by atoms with Gasteiger partial charge in [-0.05, 0) is 35.4 Å². The molecule has 0 aliphatic rings. The summed E-state index contributed by atoms with van der Waals surface area (Å²) in [5.74, 6) is 0.789. The van der Waals surface area contributed by atoms with E-state index >= 15 is 0 Å². The predicted octanol–water partition coefficient (Wildman–Crippen LogP) is 2.51. The molecule has 0 aromatic heterocycles. The molecule has 0 bridgehead atoms. The summed E-state index contributed by atoms with van der Waals surface area (Å²) in [7, 11) is -2.02. The van der Waals surface area contributed by atoms with Crippen molar-refractivity contribution >= 4 is 22.2 Å². The highest BCUT2D eigenvalue weighted by molar-refractivity contribution is 7.89. The van der Waals surface area contributed by atoms with Crippen LogP contribution in [0, 0.1) is 0 Å². The van der Waals surface area contributed by atoms with Crippen LogP contribution in [0.3, 0.4) is 0 Å². The lowest BCUT2D eigenvalue weighted by Gasteiger charge is -2.01. The fraction of sp³-hybridized carbons (Fsp3) is 0.0667. The predicted molar refractivity (Wildman–Crippen MR) is 79.7 cm³/mol. The number of benzene rings is 2. The summed E-state index contributed by atoms with van der Waals surface area (Å²) < 4.78 is 27.4. The fourth-order valence-electron chi connectivity index (χ4n) is 1.71. The maximum atomic E-state index is 11.1. The number of hydrogen-bond donors (Lipinski definition) is 1. The normalized spacial score (nSPS) is 11.7. The molecule has 2 aromatic rings. The van der Waals surface area contributed by atoms with Crippen molar-refractivity contribution in [2.45, 2.75) is 4.90 Å². The molecule has 0 amide bonds. The van der Waals surface area contributed by atoms with Gasteiger partial charge in [-0.1, -0.05) is 36.4 Å². The van der Waals surface area contributed by atoms with Crippen molar-refractivity contribution in [1.82, 2.24) is 0 Å². The van der Waals surface area contributed by atoms with Crippen LogP contribution in [0.5, 0.6) is 5.75 Å². The highest BCUT2D eigenvalue weighted by Crippen LogP contribution is 2.16. The molecular formula is C15H15NO3S. The second-order valence-electron chi connectivity index (χ2n) is 4.22. The minimum atomic E-state index is -3.64. The molecule has 2 aromatic carbocycles. The average molecular weight is 289 g/mol. The van der Waals surface area contributed by atoms with Crippen LogP contribution in [0.25, 0.3) is 12.2 Å². The molecule has 104 valence electrons. The van der Waals surface area contributed by atoms with Gasteiger partial charge in [0.2, 0.25) is 10.0 Å². The van der Waals surface area contributed by atoms with Gasteiger partial charge in [-0.15, -0.1) is 0 Å². The Hall–Kier alpha value is -2.11. The van der Waals surface area contributed by atoms with Gasteiger partial charge in [-0.3, -0.25) is 0 Å². The van der Waals surface area contributed by atoms with Gasteiger partial charge in [0.25, 0.3) is 0 Å². The first-order chi connectivity index (χ1) is 9.49. The number of methoxy groups -OCH3 is 1. The Labute approximate surface area is 118 Å². The summed E-state index contributed by atoms with van der Waals surface area (Å²) in [4.78, 5) is 0.107. The van der Waals surface area contributed by atoms with Gasteiger partial charge in [0.05, 0.1) is 12.0 Å². The Morgan fingerprint density at radius 2 is 1.65 bits per heavy atom. The van der Waals surface area contributed by atoms with Gasteiger partial charge < -0.3 is 4.74 Å². The molecule has 0 heterocycles. The molecule has 5 heteroatoms. The number of rotatable bonds is 4. The van der Waals surface area contributed by atoms with E-state index in [0.717, 1.165) is 16.9 Å². The van der Waals surface area contributed by atoms with Crippen LogP contribution in [-0.4, -0.2) is 15.5 Å². The highest BCUT2D eigenvalue weighted by atomic mass is 32.2. The van der Waals surface area contributed by atoms with Gasteiger partial charge >= 0.3 is 0 Å². The molecule has 2 N–H and O–H groups in total. The summed E-state index contributed by atoms with van der Waals surface area (Å²) >= 11 is 0. The summed E-state index contributed by atoms with van der Waals surface area (Å²) in [5, 5.41) is 5.04. The number of sulfonamides is 1.